The minimum atomic E-state index is 0.271. The normalized spacial score (nSPS) is 13.8. The van der Waals surface area contributed by atoms with Crippen molar-refractivity contribution in [1.29, 1.82) is 0 Å². The molecule has 0 aliphatic carbocycles. The van der Waals surface area contributed by atoms with Crippen molar-refractivity contribution in [1.82, 2.24) is 5.32 Å². The van der Waals surface area contributed by atoms with Gasteiger partial charge in [0.15, 0.2) is 0 Å². The molecular weight excluding hydrogens is 266 g/mol. The highest BCUT2D eigenvalue weighted by molar-refractivity contribution is 7.10. The second-order valence-electron chi connectivity index (χ2n) is 5.66. The van der Waals surface area contributed by atoms with E-state index in [1.54, 1.807) is 18.4 Å². The van der Waals surface area contributed by atoms with Gasteiger partial charge in [0.05, 0.1) is 11.6 Å². The standard InChI is InChI=1S/C14H24ClNOS/c1-14(2,3)11(10-16-6-7-17-4)9-13-12(15)5-8-18-13/h5,8,11,16H,6-7,9-10H2,1-4H3. The van der Waals surface area contributed by atoms with Crippen molar-refractivity contribution in [3.8, 4) is 0 Å². The average molecular weight is 290 g/mol. The third kappa shape index (κ3) is 5.27. The highest BCUT2D eigenvalue weighted by Gasteiger charge is 2.25. The van der Waals surface area contributed by atoms with Gasteiger partial charge in [0.1, 0.15) is 0 Å². The molecule has 1 N–H and O–H groups in total. The van der Waals surface area contributed by atoms with Gasteiger partial charge in [-0.25, -0.2) is 0 Å². The van der Waals surface area contributed by atoms with Crippen LogP contribution in [0.3, 0.4) is 0 Å². The van der Waals surface area contributed by atoms with Gasteiger partial charge in [0.2, 0.25) is 0 Å². The zero-order chi connectivity index (χ0) is 13.6. The molecule has 0 saturated carbocycles. The molecule has 1 atom stereocenters. The van der Waals surface area contributed by atoms with Gasteiger partial charge in [-0.05, 0) is 35.7 Å². The zero-order valence-corrected chi connectivity index (χ0v) is 13.3. The topological polar surface area (TPSA) is 21.3 Å². The maximum Gasteiger partial charge on any atom is 0.0587 e. The number of thiophene rings is 1. The van der Waals surface area contributed by atoms with E-state index in [2.05, 4.69) is 31.5 Å². The van der Waals surface area contributed by atoms with Crippen LogP contribution < -0.4 is 5.32 Å². The van der Waals surface area contributed by atoms with E-state index in [9.17, 15) is 0 Å². The van der Waals surface area contributed by atoms with Gasteiger partial charge in [-0.15, -0.1) is 11.3 Å². The summed E-state index contributed by atoms with van der Waals surface area (Å²) >= 11 is 7.94. The summed E-state index contributed by atoms with van der Waals surface area (Å²) in [4.78, 5) is 1.30. The van der Waals surface area contributed by atoms with E-state index in [1.165, 1.54) is 4.88 Å². The Bertz CT molecular complexity index is 346. The minimum Gasteiger partial charge on any atom is -0.383 e. The van der Waals surface area contributed by atoms with E-state index in [4.69, 9.17) is 16.3 Å². The molecular formula is C14H24ClNOS. The third-order valence-electron chi connectivity index (χ3n) is 3.22. The first-order chi connectivity index (χ1) is 8.45. The molecule has 0 radical (unpaired) electrons. The molecule has 4 heteroatoms. The Balaban J connectivity index is 2.54. The number of ether oxygens (including phenoxy) is 1. The molecule has 104 valence electrons. The predicted octanol–water partition coefficient (Wildman–Crippen LogP) is 3.84. The highest BCUT2D eigenvalue weighted by atomic mass is 35.5. The van der Waals surface area contributed by atoms with Crippen molar-refractivity contribution in [3.05, 3.63) is 21.3 Å². The van der Waals surface area contributed by atoms with Crippen LogP contribution >= 0.6 is 22.9 Å². The SMILES string of the molecule is COCCNCC(Cc1sccc1Cl)C(C)(C)C. The Morgan fingerprint density at radius 1 is 1.44 bits per heavy atom. The molecule has 0 fully saturated rings. The van der Waals surface area contributed by atoms with Crippen molar-refractivity contribution >= 4 is 22.9 Å². The minimum absolute atomic E-state index is 0.271. The first-order valence-corrected chi connectivity index (χ1v) is 7.62. The highest BCUT2D eigenvalue weighted by Crippen LogP contribution is 2.32. The number of hydrogen-bond donors (Lipinski definition) is 1. The molecule has 1 aromatic rings. The summed E-state index contributed by atoms with van der Waals surface area (Å²) in [6.45, 7) is 9.53. The van der Waals surface area contributed by atoms with Crippen LogP contribution in [-0.2, 0) is 11.2 Å². The van der Waals surface area contributed by atoms with Gasteiger partial charge >= 0.3 is 0 Å². The molecule has 0 saturated heterocycles. The fourth-order valence-electron chi connectivity index (χ4n) is 1.83. The van der Waals surface area contributed by atoms with Crippen molar-refractivity contribution < 1.29 is 4.74 Å². The molecule has 0 spiro atoms. The van der Waals surface area contributed by atoms with Crippen molar-refractivity contribution in [2.45, 2.75) is 27.2 Å². The number of rotatable bonds is 7. The van der Waals surface area contributed by atoms with E-state index in [-0.39, 0.29) is 5.41 Å². The van der Waals surface area contributed by atoms with Crippen LogP contribution in [0.15, 0.2) is 11.4 Å². The van der Waals surface area contributed by atoms with E-state index in [0.29, 0.717) is 5.92 Å². The summed E-state index contributed by atoms with van der Waals surface area (Å²) in [5.74, 6) is 0.575. The van der Waals surface area contributed by atoms with Crippen molar-refractivity contribution in [2.75, 3.05) is 26.8 Å². The van der Waals surface area contributed by atoms with Gasteiger partial charge in [0.25, 0.3) is 0 Å². The Labute approximate surface area is 120 Å². The van der Waals surface area contributed by atoms with Gasteiger partial charge in [-0.1, -0.05) is 32.4 Å². The fraction of sp³-hybridized carbons (Fsp3) is 0.714. The predicted molar refractivity (Wildman–Crippen MR) is 80.7 cm³/mol. The lowest BCUT2D eigenvalue weighted by Crippen LogP contribution is -2.34. The Kier molecular flexibility index (Phi) is 6.64. The molecule has 0 bridgehead atoms. The summed E-state index contributed by atoms with van der Waals surface area (Å²) in [7, 11) is 1.73. The molecule has 1 unspecified atom stereocenters. The molecule has 0 aliphatic rings. The summed E-state index contributed by atoms with van der Waals surface area (Å²) in [5.41, 5.74) is 0.271. The van der Waals surface area contributed by atoms with Crippen LogP contribution in [0, 0.1) is 11.3 Å². The lowest BCUT2D eigenvalue weighted by Gasteiger charge is -2.31. The number of methoxy groups -OCH3 is 1. The smallest absolute Gasteiger partial charge is 0.0587 e. The monoisotopic (exact) mass is 289 g/mol. The van der Waals surface area contributed by atoms with Gasteiger partial charge < -0.3 is 10.1 Å². The summed E-state index contributed by atoms with van der Waals surface area (Å²) in [6.07, 6.45) is 1.04. The number of hydrogen-bond acceptors (Lipinski definition) is 3. The van der Waals surface area contributed by atoms with Crippen LogP contribution in [0.1, 0.15) is 25.6 Å². The molecule has 0 amide bonds. The first kappa shape index (κ1) is 16.0. The molecule has 1 aromatic heterocycles. The molecule has 0 aromatic carbocycles. The summed E-state index contributed by atoms with van der Waals surface area (Å²) < 4.78 is 5.05. The Hall–Kier alpha value is -0.0900. The lowest BCUT2D eigenvalue weighted by molar-refractivity contribution is 0.186. The Morgan fingerprint density at radius 3 is 2.67 bits per heavy atom. The largest absolute Gasteiger partial charge is 0.383 e. The van der Waals surface area contributed by atoms with Crippen LogP contribution in [0.5, 0.6) is 0 Å². The van der Waals surface area contributed by atoms with Crippen molar-refractivity contribution in [2.24, 2.45) is 11.3 Å². The van der Waals surface area contributed by atoms with E-state index >= 15 is 0 Å². The third-order valence-corrected chi connectivity index (χ3v) is 4.63. The van der Waals surface area contributed by atoms with Gasteiger partial charge in [0, 0.05) is 18.5 Å². The van der Waals surface area contributed by atoms with E-state index in [1.807, 2.05) is 6.07 Å². The maximum absolute atomic E-state index is 6.19. The van der Waals surface area contributed by atoms with Crippen LogP contribution in [0.2, 0.25) is 5.02 Å². The number of nitrogens with one attached hydrogen (secondary N) is 1. The molecule has 2 nitrogen and oxygen atoms in total. The molecule has 0 aliphatic heterocycles. The van der Waals surface area contributed by atoms with E-state index in [0.717, 1.165) is 31.1 Å². The zero-order valence-electron chi connectivity index (χ0n) is 11.8. The average Bonchev–Trinajstić information content (AvgIpc) is 2.67. The van der Waals surface area contributed by atoms with Crippen molar-refractivity contribution in [3.63, 3.8) is 0 Å². The lowest BCUT2D eigenvalue weighted by atomic mass is 9.78. The van der Waals surface area contributed by atoms with Gasteiger partial charge in [-0.3, -0.25) is 0 Å². The maximum atomic E-state index is 6.19. The second kappa shape index (κ2) is 7.49. The molecule has 1 heterocycles. The fourth-order valence-corrected chi connectivity index (χ4v) is 3.02. The van der Waals surface area contributed by atoms with Crippen LogP contribution in [0.25, 0.3) is 0 Å². The van der Waals surface area contributed by atoms with Crippen LogP contribution in [-0.4, -0.2) is 26.8 Å². The molecule has 18 heavy (non-hydrogen) atoms. The summed E-state index contributed by atoms with van der Waals surface area (Å²) in [5, 5.41) is 6.44. The van der Waals surface area contributed by atoms with Gasteiger partial charge in [-0.2, -0.15) is 0 Å². The van der Waals surface area contributed by atoms with E-state index < -0.39 is 0 Å². The number of halogens is 1. The summed E-state index contributed by atoms with van der Waals surface area (Å²) in [6, 6.07) is 1.99. The molecule has 1 rings (SSSR count). The van der Waals surface area contributed by atoms with Crippen LogP contribution in [0.4, 0.5) is 0 Å². The Morgan fingerprint density at radius 2 is 2.17 bits per heavy atom. The first-order valence-electron chi connectivity index (χ1n) is 6.36. The quantitative estimate of drug-likeness (QED) is 0.770. The second-order valence-corrected chi connectivity index (χ2v) is 7.06.